The standard InChI is InChI=1S/C17H21N3O3S2/c1-4-19(5-2)17(24)25-14-10-15(22)20(16(14)23)13-8-6-12(7-9-13)18-11(3)21/h6-9,14H,4-5,10H2,1-3H3,(H,18,21)/t14-/m1/s1. The third-order valence-electron chi connectivity index (χ3n) is 3.82. The van der Waals surface area contributed by atoms with Gasteiger partial charge in [-0.05, 0) is 38.1 Å². The Kier molecular flexibility index (Phi) is 6.55. The lowest BCUT2D eigenvalue weighted by Crippen LogP contribution is -2.33. The first kappa shape index (κ1) is 19.4. The van der Waals surface area contributed by atoms with Gasteiger partial charge in [0.25, 0.3) is 0 Å². The van der Waals surface area contributed by atoms with Crippen molar-refractivity contribution >= 4 is 57.4 Å². The van der Waals surface area contributed by atoms with Gasteiger partial charge in [0.2, 0.25) is 17.7 Å². The molecule has 1 aliphatic heterocycles. The van der Waals surface area contributed by atoms with E-state index in [1.54, 1.807) is 24.3 Å². The number of imide groups is 1. The Morgan fingerprint density at radius 2 is 1.88 bits per heavy atom. The molecule has 1 atom stereocenters. The van der Waals surface area contributed by atoms with Crippen molar-refractivity contribution in [3.63, 3.8) is 0 Å². The lowest BCUT2D eigenvalue weighted by atomic mass is 10.2. The van der Waals surface area contributed by atoms with E-state index >= 15 is 0 Å². The molecule has 0 saturated carbocycles. The van der Waals surface area contributed by atoms with Gasteiger partial charge < -0.3 is 10.2 Å². The largest absolute Gasteiger partial charge is 0.358 e. The number of rotatable bonds is 5. The zero-order valence-electron chi connectivity index (χ0n) is 14.4. The smallest absolute Gasteiger partial charge is 0.247 e. The summed E-state index contributed by atoms with van der Waals surface area (Å²) >= 11 is 6.66. The van der Waals surface area contributed by atoms with Gasteiger partial charge in [0.05, 0.1) is 5.69 Å². The van der Waals surface area contributed by atoms with Gasteiger partial charge in [-0.2, -0.15) is 0 Å². The summed E-state index contributed by atoms with van der Waals surface area (Å²) in [6.07, 6.45) is 0.137. The van der Waals surface area contributed by atoms with Crippen LogP contribution < -0.4 is 10.2 Å². The number of nitrogens with one attached hydrogen (secondary N) is 1. The van der Waals surface area contributed by atoms with Crippen LogP contribution in [0.25, 0.3) is 0 Å². The Bertz CT molecular complexity index is 687. The first-order valence-electron chi connectivity index (χ1n) is 8.07. The molecule has 0 spiro atoms. The number of thiocarbonyl (C=S) groups is 1. The second-order valence-electron chi connectivity index (χ2n) is 5.54. The SMILES string of the molecule is CCN(CC)C(=S)S[C@@H]1CC(=O)N(c2ccc(NC(C)=O)cc2)C1=O. The van der Waals surface area contributed by atoms with Crippen LogP contribution in [0.5, 0.6) is 0 Å². The molecule has 0 radical (unpaired) electrons. The lowest BCUT2D eigenvalue weighted by molar-refractivity contribution is -0.121. The predicted molar refractivity (Wildman–Crippen MR) is 105 cm³/mol. The quantitative estimate of drug-likeness (QED) is 0.627. The van der Waals surface area contributed by atoms with Crippen molar-refractivity contribution in [1.82, 2.24) is 4.90 Å². The maximum atomic E-state index is 12.7. The van der Waals surface area contributed by atoms with E-state index in [4.69, 9.17) is 12.2 Å². The summed E-state index contributed by atoms with van der Waals surface area (Å²) in [5.41, 5.74) is 1.12. The number of hydrogen-bond acceptors (Lipinski definition) is 5. The van der Waals surface area contributed by atoms with Crippen LogP contribution in [0.15, 0.2) is 24.3 Å². The Morgan fingerprint density at radius 1 is 1.28 bits per heavy atom. The van der Waals surface area contributed by atoms with Crippen LogP contribution in [0.3, 0.4) is 0 Å². The van der Waals surface area contributed by atoms with Crippen molar-refractivity contribution in [3.8, 4) is 0 Å². The minimum atomic E-state index is -0.490. The number of hydrogen-bond donors (Lipinski definition) is 1. The fourth-order valence-corrected chi connectivity index (χ4v) is 4.23. The monoisotopic (exact) mass is 379 g/mol. The molecule has 0 bridgehead atoms. The summed E-state index contributed by atoms with van der Waals surface area (Å²) in [4.78, 5) is 39.2. The van der Waals surface area contributed by atoms with Crippen molar-refractivity contribution in [3.05, 3.63) is 24.3 Å². The zero-order chi connectivity index (χ0) is 18.6. The fraction of sp³-hybridized carbons (Fsp3) is 0.412. The van der Waals surface area contributed by atoms with Gasteiger partial charge in [-0.25, -0.2) is 4.90 Å². The number of amides is 3. The van der Waals surface area contributed by atoms with Crippen molar-refractivity contribution in [2.24, 2.45) is 0 Å². The maximum Gasteiger partial charge on any atom is 0.247 e. The van der Waals surface area contributed by atoms with E-state index in [9.17, 15) is 14.4 Å². The number of carbonyl (C=O) groups is 3. The number of anilines is 2. The van der Waals surface area contributed by atoms with E-state index in [0.717, 1.165) is 13.1 Å². The molecule has 25 heavy (non-hydrogen) atoms. The molecule has 1 heterocycles. The van der Waals surface area contributed by atoms with Crippen LogP contribution >= 0.6 is 24.0 Å². The van der Waals surface area contributed by atoms with Gasteiger partial charge in [-0.3, -0.25) is 14.4 Å². The second-order valence-corrected chi connectivity index (χ2v) is 7.38. The summed E-state index contributed by atoms with van der Waals surface area (Å²) < 4.78 is 0.638. The van der Waals surface area contributed by atoms with Gasteiger partial charge in [0.1, 0.15) is 9.57 Å². The Hall–Kier alpha value is -1.93. The van der Waals surface area contributed by atoms with Crippen molar-refractivity contribution in [1.29, 1.82) is 0 Å². The Balaban J connectivity index is 2.10. The van der Waals surface area contributed by atoms with Gasteiger partial charge in [-0.15, -0.1) is 0 Å². The highest BCUT2D eigenvalue weighted by molar-refractivity contribution is 8.23. The van der Waals surface area contributed by atoms with Crippen LogP contribution in [0.2, 0.25) is 0 Å². The molecule has 0 aromatic heterocycles. The van der Waals surface area contributed by atoms with Crippen LogP contribution in [0.4, 0.5) is 11.4 Å². The van der Waals surface area contributed by atoms with Crippen molar-refractivity contribution in [2.75, 3.05) is 23.3 Å². The molecule has 8 heteroatoms. The normalized spacial score (nSPS) is 16.9. The maximum absolute atomic E-state index is 12.7. The van der Waals surface area contributed by atoms with Gasteiger partial charge in [0.15, 0.2) is 0 Å². The second kappa shape index (κ2) is 8.44. The molecule has 1 N–H and O–H groups in total. The highest BCUT2D eigenvalue weighted by Gasteiger charge is 2.40. The average Bonchev–Trinajstić information content (AvgIpc) is 2.83. The zero-order valence-corrected chi connectivity index (χ0v) is 16.1. The topological polar surface area (TPSA) is 69.7 Å². The minimum Gasteiger partial charge on any atom is -0.358 e. The summed E-state index contributed by atoms with van der Waals surface area (Å²) in [5.74, 6) is -0.670. The summed E-state index contributed by atoms with van der Waals surface area (Å²) in [5, 5.41) is 2.16. The molecule has 2 rings (SSSR count). The van der Waals surface area contributed by atoms with E-state index in [0.29, 0.717) is 15.7 Å². The predicted octanol–water partition coefficient (Wildman–Crippen LogP) is 2.64. The molecule has 1 aliphatic rings. The average molecular weight is 380 g/mol. The highest BCUT2D eigenvalue weighted by atomic mass is 32.2. The third-order valence-corrected chi connectivity index (χ3v) is 5.48. The molecule has 0 aliphatic carbocycles. The molecule has 1 saturated heterocycles. The number of benzene rings is 1. The molecule has 1 aromatic rings. The van der Waals surface area contributed by atoms with Crippen molar-refractivity contribution in [2.45, 2.75) is 32.4 Å². The van der Waals surface area contributed by atoms with E-state index < -0.39 is 5.25 Å². The minimum absolute atomic E-state index is 0.137. The van der Waals surface area contributed by atoms with E-state index in [1.165, 1.54) is 23.6 Å². The van der Waals surface area contributed by atoms with Gasteiger partial charge in [-0.1, -0.05) is 24.0 Å². The van der Waals surface area contributed by atoms with E-state index in [2.05, 4.69) is 5.32 Å². The molecule has 6 nitrogen and oxygen atoms in total. The Morgan fingerprint density at radius 3 is 2.40 bits per heavy atom. The molecule has 0 unspecified atom stereocenters. The van der Waals surface area contributed by atoms with Gasteiger partial charge in [0, 0.05) is 32.1 Å². The molecule has 1 fully saturated rings. The van der Waals surface area contributed by atoms with Crippen LogP contribution in [-0.2, 0) is 14.4 Å². The number of nitrogens with zero attached hydrogens (tertiary/aromatic N) is 2. The Labute approximate surface area is 156 Å². The molecule has 1 aromatic carbocycles. The molecule has 3 amide bonds. The summed E-state index contributed by atoms with van der Waals surface area (Å²) in [6.45, 7) is 6.96. The summed E-state index contributed by atoms with van der Waals surface area (Å²) in [6, 6.07) is 6.63. The highest BCUT2D eigenvalue weighted by Crippen LogP contribution is 2.31. The third kappa shape index (κ3) is 4.58. The van der Waals surface area contributed by atoms with Crippen LogP contribution in [0.1, 0.15) is 27.2 Å². The number of thioether (sulfide) groups is 1. The van der Waals surface area contributed by atoms with Crippen LogP contribution in [-0.4, -0.2) is 45.3 Å². The first-order chi connectivity index (χ1) is 11.9. The van der Waals surface area contributed by atoms with Crippen LogP contribution in [0, 0.1) is 0 Å². The van der Waals surface area contributed by atoms with Crippen molar-refractivity contribution < 1.29 is 14.4 Å². The molecular weight excluding hydrogens is 358 g/mol. The number of carbonyl (C=O) groups excluding carboxylic acids is 3. The fourth-order valence-electron chi connectivity index (χ4n) is 2.54. The first-order valence-corrected chi connectivity index (χ1v) is 9.36. The molecule has 134 valence electrons. The molecular formula is C17H21N3O3S2. The van der Waals surface area contributed by atoms with E-state index in [-0.39, 0.29) is 24.1 Å². The summed E-state index contributed by atoms with van der Waals surface area (Å²) in [7, 11) is 0. The lowest BCUT2D eigenvalue weighted by Gasteiger charge is -2.22. The van der Waals surface area contributed by atoms with E-state index in [1.807, 2.05) is 18.7 Å². The van der Waals surface area contributed by atoms with Gasteiger partial charge >= 0.3 is 0 Å².